The van der Waals surface area contributed by atoms with Crippen LogP contribution in [0.5, 0.6) is 0 Å². The molecule has 4 rings (SSSR count). The van der Waals surface area contributed by atoms with Crippen molar-refractivity contribution in [1.29, 1.82) is 0 Å². The van der Waals surface area contributed by atoms with Crippen LogP contribution < -0.4 is 9.80 Å². The summed E-state index contributed by atoms with van der Waals surface area (Å²) in [6.45, 7) is 0.336. The zero-order valence-electron chi connectivity index (χ0n) is 14.6. The van der Waals surface area contributed by atoms with Crippen LogP contribution in [0.25, 0.3) is 0 Å². The number of amides is 2. The molecular formula is C19H15F2N3O4. The molecule has 0 bridgehead atoms. The predicted octanol–water partition coefficient (Wildman–Crippen LogP) is 2.82. The Bertz CT molecular complexity index is 1010. The summed E-state index contributed by atoms with van der Waals surface area (Å²) >= 11 is 0. The van der Waals surface area contributed by atoms with E-state index in [1.165, 1.54) is 21.9 Å². The molecule has 1 atom stereocenters. The topological polar surface area (TPSA) is 83.8 Å². The molecule has 9 heteroatoms. The third-order valence-electron chi connectivity index (χ3n) is 5.12. The number of rotatable bonds is 3. The second kappa shape index (κ2) is 6.66. The van der Waals surface area contributed by atoms with Gasteiger partial charge in [0.05, 0.1) is 22.2 Å². The molecule has 1 unspecified atom stereocenters. The average molecular weight is 387 g/mol. The number of nitro benzene ring substituents is 1. The molecule has 1 fully saturated rings. The van der Waals surface area contributed by atoms with Crippen LogP contribution in [0.2, 0.25) is 0 Å². The van der Waals surface area contributed by atoms with E-state index in [-0.39, 0.29) is 30.2 Å². The van der Waals surface area contributed by atoms with Crippen molar-refractivity contribution >= 4 is 28.9 Å². The highest BCUT2D eigenvalue weighted by Gasteiger charge is 2.40. The van der Waals surface area contributed by atoms with Gasteiger partial charge in [-0.1, -0.05) is 12.1 Å². The molecule has 0 spiro atoms. The van der Waals surface area contributed by atoms with Crippen LogP contribution in [-0.2, 0) is 16.0 Å². The number of hydrogen-bond donors (Lipinski definition) is 0. The zero-order valence-corrected chi connectivity index (χ0v) is 14.6. The number of nitrogens with zero attached hydrogens (tertiary/aromatic N) is 3. The van der Waals surface area contributed by atoms with E-state index in [0.717, 1.165) is 17.7 Å². The van der Waals surface area contributed by atoms with E-state index in [9.17, 15) is 28.5 Å². The molecule has 0 N–H and O–H groups in total. The molecule has 0 aromatic heterocycles. The quantitative estimate of drug-likeness (QED) is 0.599. The molecule has 2 amide bonds. The molecule has 2 heterocycles. The lowest BCUT2D eigenvalue weighted by Crippen LogP contribution is -2.36. The van der Waals surface area contributed by atoms with Gasteiger partial charge in [-0.25, -0.2) is 4.39 Å². The van der Waals surface area contributed by atoms with Crippen molar-refractivity contribution in [3.63, 3.8) is 0 Å². The van der Waals surface area contributed by atoms with Gasteiger partial charge < -0.3 is 9.80 Å². The van der Waals surface area contributed by atoms with Gasteiger partial charge in [-0.05, 0) is 30.2 Å². The van der Waals surface area contributed by atoms with Crippen molar-refractivity contribution in [1.82, 2.24) is 0 Å². The lowest BCUT2D eigenvalue weighted by molar-refractivity contribution is -0.387. The normalized spacial score (nSPS) is 18.5. The summed E-state index contributed by atoms with van der Waals surface area (Å²) in [5, 5.41) is 10.9. The predicted molar refractivity (Wildman–Crippen MR) is 96.0 cm³/mol. The fourth-order valence-electron chi connectivity index (χ4n) is 3.78. The Morgan fingerprint density at radius 3 is 2.71 bits per heavy atom. The highest BCUT2D eigenvalue weighted by atomic mass is 19.1. The smallest absolute Gasteiger partial charge is 0.306 e. The summed E-state index contributed by atoms with van der Waals surface area (Å²) in [5.41, 5.74) is 0.400. The van der Waals surface area contributed by atoms with Crippen molar-refractivity contribution in [3.8, 4) is 0 Å². The van der Waals surface area contributed by atoms with E-state index >= 15 is 0 Å². The first-order chi connectivity index (χ1) is 13.4. The third-order valence-corrected chi connectivity index (χ3v) is 5.12. The van der Waals surface area contributed by atoms with Crippen molar-refractivity contribution in [2.45, 2.75) is 12.8 Å². The van der Waals surface area contributed by atoms with Crippen LogP contribution in [0.15, 0.2) is 36.4 Å². The van der Waals surface area contributed by atoms with Crippen LogP contribution in [-0.4, -0.2) is 29.8 Å². The number of benzene rings is 2. The molecule has 0 aliphatic carbocycles. The summed E-state index contributed by atoms with van der Waals surface area (Å²) in [6, 6.07) is 7.79. The molecule has 2 aromatic carbocycles. The van der Waals surface area contributed by atoms with Gasteiger partial charge in [0.25, 0.3) is 0 Å². The maximum absolute atomic E-state index is 14.2. The van der Waals surface area contributed by atoms with Crippen molar-refractivity contribution < 1.29 is 23.3 Å². The van der Waals surface area contributed by atoms with E-state index in [1.807, 2.05) is 0 Å². The summed E-state index contributed by atoms with van der Waals surface area (Å²) < 4.78 is 27.7. The Labute approximate surface area is 158 Å². The Morgan fingerprint density at radius 2 is 1.96 bits per heavy atom. The first-order valence-corrected chi connectivity index (χ1v) is 8.70. The minimum atomic E-state index is -1.00. The van der Waals surface area contributed by atoms with Gasteiger partial charge in [0, 0.05) is 25.6 Å². The van der Waals surface area contributed by atoms with Crippen LogP contribution in [0, 0.1) is 27.7 Å². The van der Waals surface area contributed by atoms with Crippen LogP contribution in [0.4, 0.5) is 25.8 Å². The molecule has 2 aliphatic rings. The largest absolute Gasteiger partial charge is 0.311 e. The molecule has 1 saturated heterocycles. The third kappa shape index (κ3) is 2.88. The van der Waals surface area contributed by atoms with E-state index in [1.54, 1.807) is 12.1 Å². The number of halogens is 2. The number of carbonyl (C=O) groups excluding carboxylic acids is 2. The van der Waals surface area contributed by atoms with Gasteiger partial charge in [0.2, 0.25) is 17.6 Å². The maximum Gasteiger partial charge on any atom is 0.306 e. The van der Waals surface area contributed by atoms with E-state index in [2.05, 4.69) is 0 Å². The van der Waals surface area contributed by atoms with Gasteiger partial charge in [0.15, 0.2) is 0 Å². The van der Waals surface area contributed by atoms with Crippen molar-refractivity contribution in [2.24, 2.45) is 5.92 Å². The van der Waals surface area contributed by atoms with Gasteiger partial charge in [-0.15, -0.1) is 0 Å². The summed E-state index contributed by atoms with van der Waals surface area (Å²) in [7, 11) is 0. The standard InChI is InChI=1S/C19H15F2N3O4/c20-14-5-4-13(9-16(14)24(27)28)23-10-12(8-17(23)25)19(26)22-7-6-11-2-1-3-15(21)18(11)22/h1-5,9,12H,6-8,10H2. The fourth-order valence-corrected chi connectivity index (χ4v) is 3.78. The molecule has 2 aliphatic heterocycles. The number of anilines is 2. The molecule has 0 saturated carbocycles. The molecule has 0 radical (unpaired) electrons. The summed E-state index contributed by atoms with van der Waals surface area (Å²) in [4.78, 5) is 38.0. The number of para-hydroxylation sites is 1. The van der Waals surface area contributed by atoms with Gasteiger partial charge in [-0.3, -0.25) is 19.7 Å². The monoisotopic (exact) mass is 387 g/mol. The van der Waals surface area contributed by atoms with Crippen molar-refractivity contribution in [3.05, 3.63) is 63.7 Å². The zero-order chi connectivity index (χ0) is 20.0. The maximum atomic E-state index is 14.2. The van der Waals surface area contributed by atoms with Gasteiger partial charge in [-0.2, -0.15) is 4.39 Å². The number of hydrogen-bond acceptors (Lipinski definition) is 4. The molecule has 28 heavy (non-hydrogen) atoms. The second-order valence-corrected chi connectivity index (χ2v) is 6.79. The van der Waals surface area contributed by atoms with E-state index < -0.39 is 34.1 Å². The highest BCUT2D eigenvalue weighted by Crippen LogP contribution is 2.35. The Kier molecular flexibility index (Phi) is 4.29. The molecule has 144 valence electrons. The first-order valence-electron chi connectivity index (χ1n) is 8.70. The Morgan fingerprint density at radius 1 is 1.18 bits per heavy atom. The van der Waals surface area contributed by atoms with E-state index in [4.69, 9.17) is 0 Å². The van der Waals surface area contributed by atoms with Crippen LogP contribution in [0.1, 0.15) is 12.0 Å². The number of nitro groups is 1. The molecule has 2 aromatic rings. The summed E-state index contributed by atoms with van der Waals surface area (Å²) in [6.07, 6.45) is 0.442. The fraction of sp³-hybridized carbons (Fsp3) is 0.263. The van der Waals surface area contributed by atoms with Gasteiger partial charge in [0.1, 0.15) is 5.82 Å². The second-order valence-electron chi connectivity index (χ2n) is 6.79. The summed E-state index contributed by atoms with van der Waals surface area (Å²) in [5.74, 6) is -2.96. The Balaban J connectivity index is 1.57. The van der Waals surface area contributed by atoms with Gasteiger partial charge >= 0.3 is 5.69 Å². The molecule has 7 nitrogen and oxygen atoms in total. The lowest BCUT2D eigenvalue weighted by Gasteiger charge is -2.22. The minimum Gasteiger partial charge on any atom is -0.311 e. The highest BCUT2D eigenvalue weighted by molar-refractivity contribution is 6.05. The number of fused-ring (bicyclic) bond motifs is 1. The SMILES string of the molecule is O=C1CC(C(=O)N2CCc3cccc(F)c32)CN1c1ccc(F)c([N+](=O)[O-])c1. The number of carbonyl (C=O) groups is 2. The molecular weight excluding hydrogens is 372 g/mol. The Hall–Kier alpha value is -3.36. The minimum absolute atomic E-state index is 0.000733. The van der Waals surface area contributed by atoms with Crippen LogP contribution in [0.3, 0.4) is 0 Å². The van der Waals surface area contributed by atoms with Crippen molar-refractivity contribution in [2.75, 3.05) is 22.9 Å². The first kappa shape index (κ1) is 18.0. The van der Waals surface area contributed by atoms with E-state index in [0.29, 0.717) is 13.0 Å². The lowest BCUT2D eigenvalue weighted by atomic mass is 10.1. The average Bonchev–Trinajstić information content (AvgIpc) is 3.26. The van der Waals surface area contributed by atoms with Crippen LogP contribution >= 0.6 is 0 Å².